The van der Waals surface area contributed by atoms with Gasteiger partial charge < -0.3 is 24.8 Å². The van der Waals surface area contributed by atoms with E-state index in [1.807, 2.05) is 19.1 Å². The first-order chi connectivity index (χ1) is 11.5. The molecule has 2 bridgehead atoms. The molecule has 0 radical (unpaired) electrons. The van der Waals surface area contributed by atoms with E-state index in [-0.39, 0.29) is 28.6 Å². The second-order valence-corrected chi connectivity index (χ2v) is 6.35. The molecule has 0 heterocycles. The number of allylic oxidation sites excluding steroid dienone is 1. The molecule has 3 aliphatic rings. The van der Waals surface area contributed by atoms with E-state index in [9.17, 15) is 15.3 Å². The fourth-order valence-corrected chi connectivity index (χ4v) is 4.16. The van der Waals surface area contributed by atoms with Crippen molar-refractivity contribution in [2.45, 2.75) is 31.3 Å². The minimum atomic E-state index is -0.755. The molecule has 126 valence electrons. The maximum absolute atomic E-state index is 11.1. The molecule has 0 saturated carbocycles. The van der Waals surface area contributed by atoms with Crippen LogP contribution < -0.4 is 4.74 Å². The van der Waals surface area contributed by atoms with Crippen LogP contribution in [0.25, 0.3) is 10.8 Å². The lowest BCUT2D eigenvalue weighted by molar-refractivity contribution is 0.00451. The van der Waals surface area contributed by atoms with Crippen LogP contribution in [0.15, 0.2) is 24.3 Å². The Hall–Kier alpha value is -2.40. The van der Waals surface area contributed by atoms with Gasteiger partial charge in [-0.15, -0.1) is 0 Å². The first-order valence-electron chi connectivity index (χ1n) is 8.15. The van der Waals surface area contributed by atoms with Gasteiger partial charge >= 0.3 is 0 Å². The van der Waals surface area contributed by atoms with Gasteiger partial charge in [0, 0.05) is 24.2 Å². The van der Waals surface area contributed by atoms with Crippen molar-refractivity contribution >= 4 is 10.8 Å². The Morgan fingerprint density at radius 2 is 1.96 bits per heavy atom. The van der Waals surface area contributed by atoms with Crippen molar-refractivity contribution in [3.8, 4) is 23.0 Å². The molecular weight excluding hydrogens is 308 g/mol. The fraction of sp³-hybridized carbons (Fsp3) is 0.368. The maximum atomic E-state index is 11.1. The molecule has 3 aliphatic carbocycles. The predicted octanol–water partition coefficient (Wildman–Crippen LogP) is 3.64. The van der Waals surface area contributed by atoms with Gasteiger partial charge in [0.2, 0.25) is 0 Å². The number of fused-ring (bicyclic) bond motifs is 2. The summed E-state index contributed by atoms with van der Waals surface area (Å²) in [4.78, 5) is 0. The quantitative estimate of drug-likeness (QED) is 0.592. The summed E-state index contributed by atoms with van der Waals surface area (Å²) in [7, 11) is 1.60. The third kappa shape index (κ3) is 1.73. The zero-order chi connectivity index (χ0) is 17.1. The smallest absolute Gasteiger partial charge is 0.134 e. The molecule has 0 amide bonds. The number of hydrogen-bond donors (Lipinski definition) is 3. The second-order valence-electron chi connectivity index (χ2n) is 6.35. The van der Waals surface area contributed by atoms with E-state index in [1.54, 1.807) is 13.2 Å². The summed E-state index contributed by atoms with van der Waals surface area (Å²) >= 11 is 0. The maximum Gasteiger partial charge on any atom is 0.134 e. The SMILES string of the molecule is CCOc1ccc(O)c2c(O)c3c(c(O)c12)C1(OC)C=CC3CC1. The molecule has 2 aromatic carbocycles. The van der Waals surface area contributed by atoms with Gasteiger partial charge in [0.15, 0.2) is 0 Å². The minimum absolute atomic E-state index is 0.00229. The predicted molar refractivity (Wildman–Crippen MR) is 89.9 cm³/mol. The number of hydrogen-bond acceptors (Lipinski definition) is 5. The molecule has 0 saturated heterocycles. The summed E-state index contributed by atoms with van der Waals surface area (Å²) in [6.07, 6.45) is 5.52. The van der Waals surface area contributed by atoms with Crippen LogP contribution in [0.5, 0.6) is 23.0 Å². The number of phenols is 3. The molecular formula is C19H20O5. The van der Waals surface area contributed by atoms with Crippen molar-refractivity contribution in [1.29, 1.82) is 0 Å². The highest BCUT2D eigenvalue weighted by Gasteiger charge is 2.46. The van der Waals surface area contributed by atoms with Crippen molar-refractivity contribution in [3.05, 3.63) is 35.4 Å². The Bertz CT molecular complexity index is 870. The van der Waals surface area contributed by atoms with Gasteiger partial charge in [-0.25, -0.2) is 0 Å². The molecule has 2 aromatic rings. The third-order valence-corrected chi connectivity index (χ3v) is 5.26. The molecule has 5 heteroatoms. The molecule has 2 unspecified atom stereocenters. The summed E-state index contributed by atoms with van der Waals surface area (Å²) in [6.45, 7) is 2.25. The van der Waals surface area contributed by atoms with Crippen LogP contribution in [0.3, 0.4) is 0 Å². The number of ether oxygens (including phenoxy) is 2. The lowest BCUT2D eigenvalue weighted by atomic mass is 9.67. The number of aromatic hydroxyl groups is 3. The van der Waals surface area contributed by atoms with Gasteiger partial charge in [-0.3, -0.25) is 0 Å². The van der Waals surface area contributed by atoms with Crippen molar-refractivity contribution in [2.75, 3.05) is 13.7 Å². The number of phenolic OH excluding ortho intramolecular Hbond substituents is 3. The van der Waals surface area contributed by atoms with Gasteiger partial charge in [0.25, 0.3) is 0 Å². The van der Waals surface area contributed by atoms with Crippen molar-refractivity contribution < 1.29 is 24.8 Å². The Balaban J connectivity index is 2.17. The van der Waals surface area contributed by atoms with E-state index in [0.29, 0.717) is 28.9 Å². The van der Waals surface area contributed by atoms with Crippen molar-refractivity contribution in [3.63, 3.8) is 0 Å². The molecule has 5 rings (SSSR count). The normalized spacial score (nSPS) is 24.3. The first-order valence-corrected chi connectivity index (χ1v) is 8.15. The van der Waals surface area contributed by atoms with E-state index < -0.39 is 5.60 Å². The number of benzene rings is 2. The summed E-state index contributed by atoms with van der Waals surface area (Å²) < 4.78 is 11.4. The van der Waals surface area contributed by atoms with Crippen LogP contribution in [0.4, 0.5) is 0 Å². The number of methoxy groups -OCH3 is 1. The lowest BCUT2D eigenvalue weighted by Crippen LogP contribution is -2.36. The van der Waals surface area contributed by atoms with Gasteiger partial charge in [0.1, 0.15) is 28.6 Å². The van der Waals surface area contributed by atoms with Crippen molar-refractivity contribution in [1.82, 2.24) is 0 Å². The fourth-order valence-electron chi connectivity index (χ4n) is 4.16. The van der Waals surface area contributed by atoms with E-state index in [1.165, 1.54) is 6.07 Å². The average molecular weight is 328 g/mol. The van der Waals surface area contributed by atoms with Gasteiger partial charge in [0.05, 0.1) is 17.4 Å². The summed E-state index contributed by atoms with van der Waals surface area (Å²) in [5.41, 5.74) is 0.467. The molecule has 2 atom stereocenters. The molecule has 5 nitrogen and oxygen atoms in total. The largest absolute Gasteiger partial charge is 0.507 e. The van der Waals surface area contributed by atoms with Crippen molar-refractivity contribution in [2.24, 2.45) is 0 Å². The van der Waals surface area contributed by atoms with Crippen LogP contribution in [-0.2, 0) is 10.3 Å². The number of rotatable bonds is 3. The van der Waals surface area contributed by atoms with E-state index >= 15 is 0 Å². The van der Waals surface area contributed by atoms with Crippen LogP contribution in [0.1, 0.15) is 36.8 Å². The highest BCUT2D eigenvalue weighted by atomic mass is 16.5. The van der Waals surface area contributed by atoms with Gasteiger partial charge in [-0.05, 0) is 31.9 Å². The standard InChI is InChI=1S/C19H20O5/c1-3-24-12-5-4-11(20)14-15(12)18(22)16-13(17(14)21)10-6-8-19(16,23-2)9-7-10/h4-6,8,10,20-22H,3,7,9H2,1-2H3. The molecule has 3 N–H and O–H groups in total. The molecule has 0 aromatic heterocycles. The Morgan fingerprint density at radius 3 is 2.58 bits per heavy atom. The third-order valence-electron chi connectivity index (χ3n) is 5.26. The van der Waals surface area contributed by atoms with E-state index in [4.69, 9.17) is 9.47 Å². The van der Waals surface area contributed by atoms with Crippen LogP contribution in [0, 0.1) is 0 Å². The van der Waals surface area contributed by atoms with Crippen LogP contribution in [-0.4, -0.2) is 29.0 Å². The Labute approximate surface area is 139 Å². The average Bonchev–Trinajstić information content (AvgIpc) is 2.61. The molecule has 0 fully saturated rings. The highest BCUT2D eigenvalue weighted by molar-refractivity contribution is 6.04. The topological polar surface area (TPSA) is 79.2 Å². The Kier molecular flexibility index (Phi) is 3.18. The Morgan fingerprint density at radius 1 is 1.17 bits per heavy atom. The minimum Gasteiger partial charge on any atom is -0.507 e. The van der Waals surface area contributed by atoms with Crippen LogP contribution >= 0.6 is 0 Å². The molecule has 0 aliphatic heterocycles. The lowest BCUT2D eigenvalue weighted by Gasteiger charge is -2.43. The van der Waals surface area contributed by atoms with Crippen LogP contribution in [0.2, 0.25) is 0 Å². The zero-order valence-electron chi connectivity index (χ0n) is 13.7. The van der Waals surface area contributed by atoms with E-state index in [0.717, 1.165) is 12.8 Å². The van der Waals surface area contributed by atoms with Gasteiger partial charge in [-0.1, -0.05) is 12.2 Å². The van der Waals surface area contributed by atoms with E-state index in [2.05, 4.69) is 0 Å². The molecule has 24 heavy (non-hydrogen) atoms. The first kappa shape index (κ1) is 15.1. The highest BCUT2D eigenvalue weighted by Crippen LogP contribution is 2.59. The second kappa shape index (κ2) is 5.05. The van der Waals surface area contributed by atoms with Gasteiger partial charge in [-0.2, -0.15) is 0 Å². The zero-order valence-corrected chi connectivity index (χ0v) is 13.7. The monoisotopic (exact) mass is 328 g/mol. The summed E-state index contributed by atoms with van der Waals surface area (Å²) in [6, 6.07) is 3.07. The molecule has 0 spiro atoms. The summed E-state index contributed by atoms with van der Waals surface area (Å²) in [5, 5.41) is 32.8. The summed E-state index contributed by atoms with van der Waals surface area (Å²) in [5.74, 6) is 0.348.